The molecule has 1 aliphatic rings. The van der Waals surface area contributed by atoms with Gasteiger partial charge in [0.25, 0.3) is 0 Å². The molecule has 23 heavy (non-hydrogen) atoms. The molecule has 8 heteroatoms. The number of nitrogens with zero attached hydrogens (tertiary/aromatic N) is 1. The van der Waals surface area contributed by atoms with Gasteiger partial charge in [-0.3, -0.25) is 9.59 Å². The first-order valence-electron chi connectivity index (χ1n) is 6.96. The molecule has 1 heterocycles. The van der Waals surface area contributed by atoms with E-state index in [2.05, 4.69) is 4.74 Å². The number of carbonyl (C=O) groups excluding carboxylic acids is 2. The molecule has 1 aromatic rings. The van der Waals surface area contributed by atoms with Crippen molar-refractivity contribution in [2.45, 2.75) is 31.5 Å². The Morgan fingerprint density at radius 1 is 1.39 bits per heavy atom. The standard InChI is InChI=1S/C15H16F3NO4/c1-23-14(22)7-12-11-6-10(20)4-2-9(11)3-5-13(21)19(12)8-15(16,17)18/h2,4,6,12,20H,3,5,7-8H2,1H3. The third-order valence-corrected chi connectivity index (χ3v) is 3.73. The molecule has 0 saturated heterocycles. The molecule has 0 spiro atoms. The van der Waals surface area contributed by atoms with Gasteiger partial charge in [0.05, 0.1) is 19.6 Å². The van der Waals surface area contributed by atoms with Crippen LogP contribution in [-0.4, -0.2) is 41.7 Å². The highest BCUT2D eigenvalue weighted by Crippen LogP contribution is 2.36. The summed E-state index contributed by atoms with van der Waals surface area (Å²) in [5.74, 6) is -1.56. The Morgan fingerprint density at radius 2 is 2.09 bits per heavy atom. The van der Waals surface area contributed by atoms with Gasteiger partial charge in [-0.25, -0.2) is 0 Å². The highest BCUT2D eigenvalue weighted by molar-refractivity contribution is 5.79. The molecule has 0 aromatic heterocycles. The molecule has 0 bridgehead atoms. The van der Waals surface area contributed by atoms with E-state index in [9.17, 15) is 27.9 Å². The minimum atomic E-state index is -4.59. The lowest BCUT2D eigenvalue weighted by Crippen LogP contribution is -2.41. The van der Waals surface area contributed by atoms with Crippen LogP contribution in [-0.2, 0) is 20.7 Å². The monoisotopic (exact) mass is 331 g/mol. The topological polar surface area (TPSA) is 66.8 Å². The Balaban J connectivity index is 2.48. The zero-order valence-electron chi connectivity index (χ0n) is 12.4. The molecular formula is C15H16F3NO4. The van der Waals surface area contributed by atoms with Crippen molar-refractivity contribution in [2.75, 3.05) is 13.7 Å². The lowest BCUT2D eigenvalue weighted by molar-refractivity contribution is -0.168. The summed E-state index contributed by atoms with van der Waals surface area (Å²) < 4.78 is 43.0. The Hall–Kier alpha value is -2.25. The highest BCUT2D eigenvalue weighted by Gasteiger charge is 2.39. The number of hydrogen-bond acceptors (Lipinski definition) is 4. The summed E-state index contributed by atoms with van der Waals surface area (Å²) >= 11 is 0. The molecule has 1 aromatic carbocycles. The van der Waals surface area contributed by atoms with E-state index < -0.39 is 37.1 Å². The van der Waals surface area contributed by atoms with Crippen LogP contribution in [0.3, 0.4) is 0 Å². The van der Waals surface area contributed by atoms with Crippen molar-refractivity contribution in [3.63, 3.8) is 0 Å². The van der Waals surface area contributed by atoms with E-state index in [0.717, 1.165) is 7.11 Å². The Morgan fingerprint density at radius 3 is 2.70 bits per heavy atom. The molecule has 0 fully saturated rings. The minimum Gasteiger partial charge on any atom is -0.508 e. The SMILES string of the molecule is COC(=O)CC1c2cc(O)ccc2CCC(=O)N1CC(F)(F)F. The third kappa shape index (κ3) is 4.14. The Labute approximate surface area is 130 Å². The second kappa shape index (κ2) is 6.47. The second-order valence-electron chi connectivity index (χ2n) is 5.32. The van der Waals surface area contributed by atoms with Gasteiger partial charge in [-0.15, -0.1) is 0 Å². The van der Waals surface area contributed by atoms with E-state index >= 15 is 0 Å². The highest BCUT2D eigenvalue weighted by atomic mass is 19.4. The minimum absolute atomic E-state index is 0.0917. The van der Waals surface area contributed by atoms with Crippen molar-refractivity contribution in [3.05, 3.63) is 29.3 Å². The first-order valence-corrected chi connectivity index (χ1v) is 6.96. The summed E-state index contributed by atoms with van der Waals surface area (Å²) in [6.45, 7) is -1.46. The van der Waals surface area contributed by atoms with Crippen molar-refractivity contribution in [2.24, 2.45) is 0 Å². The Bertz CT molecular complexity index is 615. The van der Waals surface area contributed by atoms with Gasteiger partial charge in [0.2, 0.25) is 5.91 Å². The number of methoxy groups -OCH3 is 1. The molecule has 2 rings (SSSR count). The smallest absolute Gasteiger partial charge is 0.406 e. The van der Waals surface area contributed by atoms with Crippen LogP contribution in [0.15, 0.2) is 18.2 Å². The van der Waals surface area contributed by atoms with Gasteiger partial charge in [-0.1, -0.05) is 6.07 Å². The van der Waals surface area contributed by atoms with Crippen LogP contribution in [0.25, 0.3) is 0 Å². The quantitative estimate of drug-likeness (QED) is 0.864. The molecule has 1 N–H and O–H groups in total. The molecule has 1 unspecified atom stereocenters. The van der Waals surface area contributed by atoms with Crippen molar-refractivity contribution in [3.8, 4) is 5.75 Å². The second-order valence-corrected chi connectivity index (χ2v) is 5.32. The summed E-state index contributed by atoms with van der Waals surface area (Å²) in [7, 11) is 1.12. The molecule has 0 aliphatic carbocycles. The van der Waals surface area contributed by atoms with Crippen LogP contribution in [0.4, 0.5) is 13.2 Å². The number of phenolic OH excluding ortho intramolecular Hbond substituents is 1. The van der Waals surface area contributed by atoms with E-state index in [1.54, 1.807) is 6.07 Å². The number of rotatable bonds is 3. The van der Waals surface area contributed by atoms with E-state index in [0.29, 0.717) is 16.0 Å². The molecule has 5 nitrogen and oxygen atoms in total. The number of alkyl halides is 3. The summed E-state index contributed by atoms with van der Waals surface area (Å²) in [6.07, 6.45) is -4.84. The van der Waals surface area contributed by atoms with Gasteiger partial charge in [0.1, 0.15) is 12.3 Å². The molecule has 1 amide bonds. The molecule has 126 valence electrons. The fraction of sp³-hybridized carbons (Fsp3) is 0.467. The number of benzene rings is 1. The van der Waals surface area contributed by atoms with Crippen molar-refractivity contribution in [1.82, 2.24) is 4.90 Å². The number of halogens is 3. The Kier molecular flexibility index (Phi) is 4.82. The first-order chi connectivity index (χ1) is 10.7. The summed E-state index contributed by atoms with van der Waals surface area (Å²) in [5, 5.41) is 9.63. The first kappa shape index (κ1) is 17.1. The van der Waals surface area contributed by atoms with Crippen molar-refractivity contribution >= 4 is 11.9 Å². The number of phenols is 1. The van der Waals surface area contributed by atoms with Gasteiger partial charge in [-0.05, 0) is 29.7 Å². The molecule has 1 atom stereocenters. The maximum Gasteiger partial charge on any atom is 0.406 e. The molecule has 1 aliphatic heterocycles. The van der Waals surface area contributed by atoms with Crippen molar-refractivity contribution < 1.29 is 32.6 Å². The van der Waals surface area contributed by atoms with Gasteiger partial charge in [0, 0.05) is 6.42 Å². The normalized spacial score (nSPS) is 18.3. The number of aryl methyl sites for hydroxylation is 1. The van der Waals surface area contributed by atoms with Crippen LogP contribution in [0.1, 0.15) is 30.0 Å². The number of aromatic hydroxyl groups is 1. The third-order valence-electron chi connectivity index (χ3n) is 3.73. The van der Waals surface area contributed by atoms with Crippen LogP contribution in [0.2, 0.25) is 0 Å². The predicted octanol–water partition coefficient (Wildman–Crippen LogP) is 2.33. The number of hydrogen-bond donors (Lipinski definition) is 1. The maximum absolute atomic E-state index is 12.8. The molecule has 0 radical (unpaired) electrons. The number of esters is 1. The number of carbonyl (C=O) groups is 2. The molecule has 0 saturated carbocycles. The van der Waals surface area contributed by atoms with Crippen LogP contribution >= 0.6 is 0 Å². The van der Waals surface area contributed by atoms with Gasteiger partial charge < -0.3 is 14.7 Å². The average molecular weight is 331 g/mol. The van der Waals surface area contributed by atoms with E-state index in [-0.39, 0.29) is 18.6 Å². The zero-order valence-corrected chi connectivity index (χ0v) is 12.4. The van der Waals surface area contributed by atoms with Gasteiger partial charge >= 0.3 is 12.1 Å². The lowest BCUT2D eigenvalue weighted by atomic mass is 9.96. The van der Waals surface area contributed by atoms with E-state index in [4.69, 9.17) is 0 Å². The lowest BCUT2D eigenvalue weighted by Gasteiger charge is -2.31. The fourth-order valence-electron chi connectivity index (χ4n) is 2.70. The van der Waals surface area contributed by atoms with Crippen LogP contribution in [0, 0.1) is 0 Å². The number of fused-ring (bicyclic) bond motifs is 1. The summed E-state index contributed by atoms with van der Waals surface area (Å²) in [5.41, 5.74) is 0.972. The molecular weight excluding hydrogens is 315 g/mol. The summed E-state index contributed by atoms with van der Waals surface area (Å²) in [4.78, 5) is 24.4. The summed E-state index contributed by atoms with van der Waals surface area (Å²) in [6, 6.07) is 3.13. The average Bonchev–Trinajstić information content (AvgIpc) is 2.58. The van der Waals surface area contributed by atoms with Gasteiger partial charge in [0.15, 0.2) is 0 Å². The van der Waals surface area contributed by atoms with Gasteiger partial charge in [-0.2, -0.15) is 13.2 Å². The van der Waals surface area contributed by atoms with E-state index in [1.165, 1.54) is 12.1 Å². The van der Waals surface area contributed by atoms with E-state index in [1.807, 2.05) is 0 Å². The predicted molar refractivity (Wildman–Crippen MR) is 73.6 cm³/mol. The van der Waals surface area contributed by atoms with Crippen LogP contribution < -0.4 is 0 Å². The largest absolute Gasteiger partial charge is 0.508 e. The zero-order chi connectivity index (χ0) is 17.2. The maximum atomic E-state index is 12.8. The fourth-order valence-corrected chi connectivity index (χ4v) is 2.70. The number of amides is 1. The van der Waals surface area contributed by atoms with Crippen LogP contribution in [0.5, 0.6) is 5.75 Å². The number of ether oxygens (including phenoxy) is 1. The van der Waals surface area contributed by atoms with Crippen molar-refractivity contribution in [1.29, 1.82) is 0 Å².